The second-order valence-electron chi connectivity index (χ2n) is 4.41. The lowest BCUT2D eigenvalue weighted by Crippen LogP contribution is -2.09. The van der Waals surface area contributed by atoms with Crippen molar-refractivity contribution in [1.82, 2.24) is 9.78 Å². The Balaban J connectivity index is 2.47. The topological polar surface area (TPSA) is 53.1 Å². The largest absolute Gasteiger partial charge is 0.488 e. The predicted octanol–water partition coefficient (Wildman–Crippen LogP) is 2.69. The minimum atomic E-state index is -0.464. The predicted molar refractivity (Wildman–Crippen MR) is 68.4 cm³/mol. The zero-order chi connectivity index (χ0) is 13.3. The summed E-state index contributed by atoms with van der Waals surface area (Å²) in [6.45, 7) is 5.56. The molecule has 4 nitrogen and oxygen atoms in total. The monoisotopic (exact) mass is 249 g/mol. The highest BCUT2D eigenvalue weighted by Gasteiger charge is 2.12. The molecule has 0 aliphatic carbocycles. The first kappa shape index (κ1) is 12.4. The summed E-state index contributed by atoms with van der Waals surface area (Å²) in [6, 6.07) is 4.67. The quantitative estimate of drug-likeness (QED) is 0.851. The molecule has 96 valence electrons. The zero-order valence-corrected chi connectivity index (χ0v) is 10.6. The van der Waals surface area contributed by atoms with Crippen molar-refractivity contribution in [3.63, 3.8) is 0 Å². The van der Waals surface area contributed by atoms with E-state index in [2.05, 4.69) is 5.10 Å². The van der Waals surface area contributed by atoms with E-state index in [4.69, 9.17) is 10.5 Å². The van der Waals surface area contributed by atoms with Gasteiger partial charge in [0, 0.05) is 18.3 Å². The van der Waals surface area contributed by atoms with Crippen LogP contribution in [0.1, 0.15) is 19.5 Å². The molecule has 0 fully saturated rings. The molecule has 0 aliphatic rings. The molecule has 18 heavy (non-hydrogen) atoms. The summed E-state index contributed by atoms with van der Waals surface area (Å²) in [5.41, 5.74) is 7.61. The van der Waals surface area contributed by atoms with E-state index < -0.39 is 5.82 Å². The van der Waals surface area contributed by atoms with Crippen molar-refractivity contribution in [3.8, 4) is 11.4 Å². The highest BCUT2D eigenvalue weighted by atomic mass is 19.1. The van der Waals surface area contributed by atoms with Gasteiger partial charge in [0.05, 0.1) is 23.2 Å². The molecule has 1 aromatic heterocycles. The summed E-state index contributed by atoms with van der Waals surface area (Å²) >= 11 is 0. The Bertz CT molecular complexity index is 563. The third-order valence-corrected chi connectivity index (χ3v) is 2.41. The number of benzene rings is 1. The third kappa shape index (κ3) is 2.45. The molecule has 0 unspecified atom stereocenters. The number of hydrogen-bond donors (Lipinski definition) is 1. The van der Waals surface area contributed by atoms with E-state index in [9.17, 15) is 4.39 Å². The van der Waals surface area contributed by atoms with Gasteiger partial charge in [-0.15, -0.1) is 0 Å². The van der Waals surface area contributed by atoms with Gasteiger partial charge in [-0.2, -0.15) is 5.10 Å². The van der Waals surface area contributed by atoms with Crippen LogP contribution in [0.2, 0.25) is 0 Å². The molecule has 0 bridgehead atoms. The molecular weight excluding hydrogens is 233 g/mol. The lowest BCUT2D eigenvalue weighted by Gasteiger charge is -2.13. The van der Waals surface area contributed by atoms with Gasteiger partial charge in [0.15, 0.2) is 11.6 Å². The van der Waals surface area contributed by atoms with Crippen LogP contribution in [0.4, 0.5) is 10.1 Å². The van der Waals surface area contributed by atoms with Crippen molar-refractivity contribution >= 4 is 5.69 Å². The van der Waals surface area contributed by atoms with E-state index in [1.807, 2.05) is 26.8 Å². The molecule has 0 atom stereocenters. The highest BCUT2D eigenvalue weighted by molar-refractivity contribution is 5.60. The van der Waals surface area contributed by atoms with Crippen LogP contribution < -0.4 is 10.5 Å². The number of aromatic nitrogens is 2. The van der Waals surface area contributed by atoms with E-state index in [0.29, 0.717) is 11.4 Å². The molecule has 0 spiro atoms. The molecule has 5 heteroatoms. The fourth-order valence-electron chi connectivity index (χ4n) is 1.65. The second-order valence-corrected chi connectivity index (χ2v) is 4.41. The minimum absolute atomic E-state index is 0.102. The molecule has 0 saturated carbocycles. The van der Waals surface area contributed by atoms with Crippen LogP contribution in [0.15, 0.2) is 24.4 Å². The molecule has 2 rings (SSSR count). The molecular formula is C13H16FN3O. The Labute approximate surface area is 105 Å². The van der Waals surface area contributed by atoms with Gasteiger partial charge < -0.3 is 10.5 Å². The van der Waals surface area contributed by atoms with Crippen molar-refractivity contribution in [1.29, 1.82) is 0 Å². The minimum Gasteiger partial charge on any atom is -0.488 e. The van der Waals surface area contributed by atoms with Gasteiger partial charge in [-0.25, -0.2) is 9.07 Å². The van der Waals surface area contributed by atoms with Gasteiger partial charge >= 0.3 is 0 Å². The zero-order valence-electron chi connectivity index (χ0n) is 10.6. The molecule has 0 aliphatic heterocycles. The van der Waals surface area contributed by atoms with Crippen molar-refractivity contribution in [2.75, 3.05) is 5.73 Å². The molecule has 2 aromatic rings. The standard InChI is InChI=1S/C13H16FN3O/c1-8(2)18-13-7-12(11(15)6-10(13)14)17-5-4-9(3)16-17/h4-8H,15H2,1-3H3. The Morgan fingerprint density at radius 2 is 2.11 bits per heavy atom. The maximum Gasteiger partial charge on any atom is 0.167 e. The normalized spacial score (nSPS) is 10.9. The van der Waals surface area contributed by atoms with E-state index in [1.54, 1.807) is 16.9 Å². The third-order valence-electron chi connectivity index (χ3n) is 2.41. The SMILES string of the molecule is Cc1ccn(-c2cc(OC(C)C)c(F)cc2N)n1. The van der Waals surface area contributed by atoms with Crippen molar-refractivity contribution in [2.45, 2.75) is 26.9 Å². The van der Waals surface area contributed by atoms with Gasteiger partial charge in [0.2, 0.25) is 0 Å². The highest BCUT2D eigenvalue weighted by Crippen LogP contribution is 2.27. The van der Waals surface area contributed by atoms with Gasteiger partial charge in [0.1, 0.15) is 0 Å². The molecule has 0 amide bonds. The lowest BCUT2D eigenvalue weighted by atomic mass is 10.2. The summed E-state index contributed by atoms with van der Waals surface area (Å²) in [7, 11) is 0. The Morgan fingerprint density at radius 1 is 1.39 bits per heavy atom. The first-order chi connectivity index (χ1) is 8.47. The summed E-state index contributed by atoms with van der Waals surface area (Å²) < 4.78 is 20.7. The van der Waals surface area contributed by atoms with Gasteiger partial charge in [-0.1, -0.05) is 0 Å². The Kier molecular flexibility index (Phi) is 3.23. The molecule has 2 N–H and O–H groups in total. The van der Waals surface area contributed by atoms with E-state index in [0.717, 1.165) is 5.69 Å². The molecule has 0 saturated heterocycles. The number of nitrogens with zero attached hydrogens (tertiary/aromatic N) is 2. The van der Waals surface area contributed by atoms with E-state index in [1.165, 1.54) is 6.07 Å². The van der Waals surface area contributed by atoms with Crippen LogP contribution in [0, 0.1) is 12.7 Å². The van der Waals surface area contributed by atoms with Crippen LogP contribution >= 0.6 is 0 Å². The van der Waals surface area contributed by atoms with Crippen LogP contribution in [-0.4, -0.2) is 15.9 Å². The van der Waals surface area contributed by atoms with Crippen molar-refractivity contribution in [2.24, 2.45) is 0 Å². The number of aryl methyl sites for hydroxylation is 1. The number of hydrogen-bond acceptors (Lipinski definition) is 3. The van der Waals surface area contributed by atoms with Gasteiger partial charge in [-0.05, 0) is 26.8 Å². The summed E-state index contributed by atoms with van der Waals surface area (Å²) in [5, 5.41) is 4.25. The van der Waals surface area contributed by atoms with E-state index >= 15 is 0 Å². The maximum absolute atomic E-state index is 13.7. The first-order valence-electron chi connectivity index (χ1n) is 5.75. The van der Waals surface area contributed by atoms with Crippen LogP contribution in [-0.2, 0) is 0 Å². The molecule has 1 aromatic carbocycles. The number of nitrogen functional groups attached to an aromatic ring is 1. The van der Waals surface area contributed by atoms with Gasteiger partial charge in [0.25, 0.3) is 0 Å². The fraction of sp³-hybridized carbons (Fsp3) is 0.308. The van der Waals surface area contributed by atoms with Gasteiger partial charge in [-0.3, -0.25) is 0 Å². The molecule has 1 heterocycles. The lowest BCUT2D eigenvalue weighted by molar-refractivity contribution is 0.231. The average molecular weight is 249 g/mol. The average Bonchev–Trinajstić information content (AvgIpc) is 2.68. The summed E-state index contributed by atoms with van der Waals surface area (Å²) in [6.07, 6.45) is 1.67. The number of nitrogens with two attached hydrogens (primary N) is 1. The summed E-state index contributed by atoms with van der Waals surface area (Å²) in [4.78, 5) is 0. The van der Waals surface area contributed by atoms with E-state index in [-0.39, 0.29) is 11.9 Å². The number of rotatable bonds is 3. The van der Waals surface area contributed by atoms with Crippen LogP contribution in [0.25, 0.3) is 5.69 Å². The first-order valence-corrected chi connectivity index (χ1v) is 5.75. The number of ether oxygens (including phenoxy) is 1. The van der Waals surface area contributed by atoms with Crippen LogP contribution in [0.3, 0.4) is 0 Å². The van der Waals surface area contributed by atoms with Crippen molar-refractivity contribution < 1.29 is 9.13 Å². The number of halogens is 1. The maximum atomic E-state index is 13.7. The Hall–Kier alpha value is -2.04. The Morgan fingerprint density at radius 3 is 2.67 bits per heavy atom. The fourth-order valence-corrected chi connectivity index (χ4v) is 1.65. The summed E-state index contributed by atoms with van der Waals surface area (Å²) in [5.74, 6) is -0.281. The van der Waals surface area contributed by atoms with Crippen molar-refractivity contribution in [3.05, 3.63) is 35.9 Å². The second kappa shape index (κ2) is 4.68. The molecule has 0 radical (unpaired) electrons. The van der Waals surface area contributed by atoms with Crippen LogP contribution in [0.5, 0.6) is 5.75 Å². The smallest absolute Gasteiger partial charge is 0.167 e. The number of anilines is 1.